The van der Waals surface area contributed by atoms with Gasteiger partial charge >= 0.3 is 6.01 Å². The van der Waals surface area contributed by atoms with Crippen LogP contribution < -0.4 is 10.3 Å². The normalized spacial score (nSPS) is 16.8. The Morgan fingerprint density at radius 1 is 1.21 bits per heavy atom. The third-order valence-corrected chi connectivity index (χ3v) is 5.96. The van der Waals surface area contributed by atoms with Gasteiger partial charge in [-0.15, -0.1) is 0 Å². The maximum Gasteiger partial charge on any atom is 0.306 e. The van der Waals surface area contributed by atoms with E-state index in [0.717, 1.165) is 25.0 Å². The maximum absolute atomic E-state index is 13.1. The third-order valence-electron chi connectivity index (χ3n) is 5.43. The highest BCUT2D eigenvalue weighted by atomic mass is 35.5. The number of hydrogen-bond acceptors (Lipinski definition) is 4. The summed E-state index contributed by atoms with van der Waals surface area (Å²) in [6.45, 7) is 2.54. The molecule has 0 spiro atoms. The maximum atomic E-state index is 13.1. The molecule has 7 heteroatoms. The topological polar surface area (TPSA) is 56.5 Å². The molecule has 5 nitrogen and oxygen atoms in total. The van der Waals surface area contributed by atoms with Gasteiger partial charge in [-0.05, 0) is 43.4 Å². The number of benzene rings is 1. The molecule has 1 fully saturated rings. The molecule has 1 aromatic heterocycles. The minimum atomic E-state index is -0.0681. The van der Waals surface area contributed by atoms with Crippen LogP contribution in [0.4, 0.5) is 5.82 Å². The van der Waals surface area contributed by atoms with Crippen molar-refractivity contribution in [2.24, 2.45) is 10.9 Å². The second-order valence-electron chi connectivity index (χ2n) is 7.44. The predicted molar refractivity (Wildman–Crippen MR) is 113 cm³/mol. The zero-order chi connectivity index (χ0) is 19.7. The van der Waals surface area contributed by atoms with Crippen molar-refractivity contribution in [2.75, 3.05) is 0 Å². The van der Waals surface area contributed by atoms with Crippen LogP contribution in [-0.4, -0.2) is 15.3 Å². The van der Waals surface area contributed by atoms with Gasteiger partial charge in [0.25, 0.3) is 5.56 Å². The van der Waals surface area contributed by atoms with Crippen molar-refractivity contribution < 1.29 is 4.74 Å². The Kier molecular flexibility index (Phi) is 5.74. The molecule has 148 valence electrons. The minimum Gasteiger partial charge on any atom is -0.424 e. The van der Waals surface area contributed by atoms with Crippen LogP contribution in [0.15, 0.2) is 28.0 Å². The lowest BCUT2D eigenvalue weighted by Gasteiger charge is -2.21. The van der Waals surface area contributed by atoms with Crippen LogP contribution in [0.1, 0.15) is 51.0 Å². The third kappa shape index (κ3) is 3.83. The van der Waals surface area contributed by atoms with E-state index in [1.54, 1.807) is 22.8 Å². The Labute approximate surface area is 174 Å². The molecule has 1 aliphatic carbocycles. The second kappa shape index (κ2) is 8.26. The Balaban J connectivity index is 1.71. The van der Waals surface area contributed by atoms with Gasteiger partial charge in [-0.1, -0.05) is 49.4 Å². The molecule has 1 aliphatic heterocycles. The van der Waals surface area contributed by atoms with Gasteiger partial charge in [0.15, 0.2) is 5.82 Å². The van der Waals surface area contributed by atoms with E-state index >= 15 is 0 Å². The first-order valence-electron chi connectivity index (χ1n) is 9.91. The molecule has 28 heavy (non-hydrogen) atoms. The molecule has 0 atom stereocenters. The average molecular weight is 420 g/mol. The standard InChI is InChI=1S/C21H23Cl2N3O2/c1-2-10-26-20(27)15-12-17(13-6-4-3-5-7-13)24-19(15)25-21(26)28-18-9-8-14(22)11-16(18)23/h8-9,11,13H,2-7,10,12H2,1H3. The van der Waals surface area contributed by atoms with E-state index in [0.29, 0.717) is 46.1 Å². The number of aromatic nitrogens is 2. The van der Waals surface area contributed by atoms with Gasteiger partial charge in [0.2, 0.25) is 0 Å². The summed E-state index contributed by atoms with van der Waals surface area (Å²) in [4.78, 5) is 22.5. The summed E-state index contributed by atoms with van der Waals surface area (Å²) in [5.74, 6) is 1.38. The number of halogens is 2. The highest BCUT2D eigenvalue weighted by molar-refractivity contribution is 6.35. The first-order valence-corrected chi connectivity index (χ1v) is 10.7. The van der Waals surface area contributed by atoms with Crippen LogP contribution in [0.3, 0.4) is 0 Å². The number of hydrogen-bond donors (Lipinski definition) is 0. The van der Waals surface area contributed by atoms with E-state index < -0.39 is 0 Å². The van der Waals surface area contributed by atoms with Gasteiger partial charge in [0.05, 0.1) is 10.6 Å². The summed E-state index contributed by atoms with van der Waals surface area (Å²) in [6, 6.07) is 5.20. The van der Waals surface area contributed by atoms with Crippen molar-refractivity contribution in [1.82, 2.24) is 9.55 Å². The second-order valence-corrected chi connectivity index (χ2v) is 8.29. The molecular weight excluding hydrogens is 397 g/mol. The van der Waals surface area contributed by atoms with Crippen molar-refractivity contribution in [2.45, 2.75) is 58.4 Å². The molecule has 4 rings (SSSR count). The van der Waals surface area contributed by atoms with Gasteiger partial charge in [0.1, 0.15) is 5.75 Å². The van der Waals surface area contributed by atoms with Gasteiger partial charge in [-0.25, -0.2) is 4.99 Å². The Morgan fingerprint density at radius 2 is 2.00 bits per heavy atom. The lowest BCUT2D eigenvalue weighted by Crippen LogP contribution is -2.27. The molecule has 0 saturated heterocycles. The van der Waals surface area contributed by atoms with Gasteiger partial charge < -0.3 is 4.74 Å². The Hall–Kier alpha value is -1.85. The molecule has 0 amide bonds. The summed E-state index contributed by atoms with van der Waals surface area (Å²) in [5, 5.41) is 0.892. The smallest absolute Gasteiger partial charge is 0.306 e. The quantitative estimate of drug-likeness (QED) is 0.600. The van der Waals surface area contributed by atoms with Crippen LogP contribution in [0.2, 0.25) is 10.0 Å². The lowest BCUT2D eigenvalue weighted by molar-refractivity contribution is 0.395. The minimum absolute atomic E-state index is 0.0681. The molecule has 0 N–H and O–H groups in total. The van der Waals surface area contributed by atoms with Crippen LogP contribution in [-0.2, 0) is 13.0 Å². The molecule has 0 radical (unpaired) electrons. The highest BCUT2D eigenvalue weighted by Gasteiger charge is 2.29. The first-order chi connectivity index (χ1) is 13.6. The van der Waals surface area contributed by atoms with Gasteiger partial charge in [-0.2, -0.15) is 4.98 Å². The fourth-order valence-electron chi connectivity index (χ4n) is 3.99. The monoisotopic (exact) mass is 419 g/mol. The van der Waals surface area contributed by atoms with E-state index in [9.17, 15) is 4.79 Å². The summed E-state index contributed by atoms with van der Waals surface area (Å²) >= 11 is 12.2. The van der Waals surface area contributed by atoms with Crippen LogP contribution in [0.5, 0.6) is 11.8 Å². The molecule has 1 aromatic carbocycles. The van der Waals surface area contributed by atoms with Crippen molar-refractivity contribution in [3.63, 3.8) is 0 Å². The molecule has 1 saturated carbocycles. The molecule has 0 bridgehead atoms. The van der Waals surface area contributed by atoms with Crippen molar-refractivity contribution in [1.29, 1.82) is 0 Å². The predicted octanol–water partition coefficient (Wildman–Crippen LogP) is 5.96. The molecular formula is C21H23Cl2N3O2. The number of fused-ring (bicyclic) bond motifs is 1. The van der Waals surface area contributed by atoms with Crippen LogP contribution in [0.25, 0.3) is 0 Å². The lowest BCUT2D eigenvalue weighted by atomic mass is 9.84. The number of ether oxygens (including phenoxy) is 1. The summed E-state index contributed by atoms with van der Waals surface area (Å²) in [7, 11) is 0. The Morgan fingerprint density at radius 3 is 2.71 bits per heavy atom. The van der Waals surface area contributed by atoms with Crippen molar-refractivity contribution in [3.05, 3.63) is 44.2 Å². The van der Waals surface area contributed by atoms with E-state index in [2.05, 4.69) is 4.98 Å². The zero-order valence-electron chi connectivity index (χ0n) is 15.9. The van der Waals surface area contributed by atoms with Gasteiger partial charge in [0, 0.05) is 23.7 Å². The average Bonchev–Trinajstić information content (AvgIpc) is 3.12. The molecule has 2 aliphatic rings. The van der Waals surface area contributed by atoms with E-state index in [1.807, 2.05) is 6.92 Å². The van der Waals surface area contributed by atoms with Crippen LogP contribution >= 0.6 is 23.2 Å². The summed E-state index contributed by atoms with van der Waals surface area (Å²) < 4.78 is 7.51. The van der Waals surface area contributed by atoms with Crippen molar-refractivity contribution in [3.8, 4) is 11.8 Å². The fraction of sp³-hybridized carbons (Fsp3) is 0.476. The molecule has 0 unspecified atom stereocenters. The molecule has 2 heterocycles. The van der Waals surface area contributed by atoms with Gasteiger partial charge in [-0.3, -0.25) is 9.36 Å². The SMILES string of the molecule is CCCn1c(Oc2ccc(Cl)cc2Cl)nc2c(c1=O)CC(C1CCCCC1)=N2. The number of rotatable bonds is 5. The van der Waals surface area contributed by atoms with Crippen molar-refractivity contribution >= 4 is 34.7 Å². The molecule has 2 aromatic rings. The van der Waals surface area contributed by atoms with E-state index in [1.165, 1.54) is 19.3 Å². The fourth-order valence-corrected chi connectivity index (χ4v) is 4.44. The Bertz CT molecular complexity index is 978. The zero-order valence-corrected chi connectivity index (χ0v) is 17.4. The highest BCUT2D eigenvalue weighted by Crippen LogP contribution is 2.35. The summed E-state index contributed by atoms with van der Waals surface area (Å²) in [5.41, 5.74) is 1.72. The van der Waals surface area contributed by atoms with Crippen LogP contribution in [0, 0.1) is 5.92 Å². The number of nitrogens with zero attached hydrogens (tertiary/aromatic N) is 3. The first kappa shape index (κ1) is 19.5. The largest absolute Gasteiger partial charge is 0.424 e. The number of aliphatic imine (C=N–C) groups is 1. The van der Waals surface area contributed by atoms with E-state index in [-0.39, 0.29) is 11.6 Å². The van der Waals surface area contributed by atoms with E-state index in [4.69, 9.17) is 32.9 Å². The summed E-state index contributed by atoms with van der Waals surface area (Å²) in [6.07, 6.45) is 7.46.